The summed E-state index contributed by atoms with van der Waals surface area (Å²) in [5, 5.41) is 2.69. The van der Waals surface area contributed by atoms with Gasteiger partial charge in [-0.25, -0.2) is 14.0 Å². The van der Waals surface area contributed by atoms with E-state index in [0.717, 1.165) is 12.0 Å². The van der Waals surface area contributed by atoms with Crippen LogP contribution in [-0.4, -0.2) is 37.2 Å². The van der Waals surface area contributed by atoms with Gasteiger partial charge in [-0.2, -0.15) is 0 Å². The maximum absolute atomic E-state index is 14.5. The maximum Gasteiger partial charge on any atom is 0.338 e. The van der Waals surface area contributed by atoms with Crippen LogP contribution in [0.3, 0.4) is 0 Å². The molecule has 2 amide bonds. The maximum atomic E-state index is 14.5. The summed E-state index contributed by atoms with van der Waals surface area (Å²) >= 11 is 0. The lowest BCUT2D eigenvalue weighted by atomic mass is 9.94. The molecule has 7 heteroatoms. The van der Waals surface area contributed by atoms with Gasteiger partial charge in [0, 0.05) is 12.6 Å². The molecule has 1 atom stereocenters. The average Bonchev–Trinajstić information content (AvgIpc) is 2.75. The third-order valence-corrected chi connectivity index (χ3v) is 4.97. The van der Waals surface area contributed by atoms with Crippen LogP contribution in [-0.2, 0) is 16.0 Å². The summed E-state index contributed by atoms with van der Waals surface area (Å²) in [6, 6.07) is 12.2. The number of amides is 2. The zero-order chi connectivity index (χ0) is 21.7. The second-order valence-electron chi connectivity index (χ2n) is 6.83. The van der Waals surface area contributed by atoms with E-state index in [1.165, 1.54) is 24.1 Å². The lowest BCUT2D eigenvalue weighted by Crippen LogP contribution is -2.48. The minimum atomic E-state index is -0.977. The lowest BCUT2D eigenvalue weighted by molar-refractivity contribution is -0.139. The number of esters is 1. The van der Waals surface area contributed by atoms with E-state index in [-0.39, 0.29) is 24.4 Å². The van der Waals surface area contributed by atoms with Crippen LogP contribution in [0, 0.1) is 5.82 Å². The lowest BCUT2D eigenvalue weighted by Gasteiger charge is -2.34. The van der Waals surface area contributed by atoms with Crippen molar-refractivity contribution < 1.29 is 23.5 Å². The van der Waals surface area contributed by atoms with Crippen molar-refractivity contribution in [3.63, 3.8) is 0 Å². The topological polar surface area (TPSA) is 67.9 Å². The Labute approximate surface area is 175 Å². The van der Waals surface area contributed by atoms with Crippen molar-refractivity contribution in [3.05, 3.63) is 76.7 Å². The smallest absolute Gasteiger partial charge is 0.338 e. The standard InChI is InChI=1S/C23H25FN2O4/c1-4-15-9-8-10-16(13-15)30-14-19-20(22(27)29-5-2)21(25-23(28)26(19)3)17-11-6-7-12-18(17)24/h6-13,21H,4-5,14H2,1-3H3,(H,25,28)/t21-/m1/s1. The van der Waals surface area contributed by atoms with Crippen LogP contribution in [0.2, 0.25) is 0 Å². The minimum Gasteiger partial charge on any atom is -0.487 e. The predicted molar refractivity (Wildman–Crippen MR) is 110 cm³/mol. The number of carbonyl (C=O) groups excluding carboxylic acids is 2. The first-order valence-corrected chi connectivity index (χ1v) is 9.86. The third-order valence-electron chi connectivity index (χ3n) is 4.97. The molecule has 0 fully saturated rings. The van der Waals surface area contributed by atoms with Gasteiger partial charge in [0.2, 0.25) is 0 Å². The highest BCUT2D eigenvalue weighted by atomic mass is 19.1. The highest BCUT2D eigenvalue weighted by molar-refractivity contribution is 5.95. The fourth-order valence-corrected chi connectivity index (χ4v) is 3.33. The van der Waals surface area contributed by atoms with Crippen molar-refractivity contribution in [2.75, 3.05) is 20.3 Å². The van der Waals surface area contributed by atoms with E-state index in [9.17, 15) is 14.0 Å². The quantitative estimate of drug-likeness (QED) is 0.699. The Morgan fingerprint density at radius 1 is 1.17 bits per heavy atom. The molecule has 1 N–H and O–H groups in total. The zero-order valence-electron chi connectivity index (χ0n) is 17.3. The Morgan fingerprint density at radius 2 is 1.93 bits per heavy atom. The Morgan fingerprint density at radius 3 is 2.63 bits per heavy atom. The van der Waals surface area contributed by atoms with Crippen molar-refractivity contribution in [2.45, 2.75) is 26.3 Å². The zero-order valence-corrected chi connectivity index (χ0v) is 17.3. The number of urea groups is 1. The number of benzene rings is 2. The molecule has 0 saturated heterocycles. The number of ether oxygens (including phenoxy) is 2. The summed E-state index contributed by atoms with van der Waals surface area (Å²) in [6.45, 7) is 3.83. The van der Waals surface area contributed by atoms with E-state index in [1.807, 2.05) is 25.1 Å². The summed E-state index contributed by atoms with van der Waals surface area (Å²) < 4.78 is 25.6. The first-order chi connectivity index (χ1) is 14.5. The third kappa shape index (κ3) is 4.45. The van der Waals surface area contributed by atoms with Crippen LogP contribution in [0.25, 0.3) is 0 Å². The summed E-state index contributed by atoms with van der Waals surface area (Å²) in [7, 11) is 1.54. The normalized spacial score (nSPS) is 16.3. The molecule has 0 spiro atoms. The summed E-state index contributed by atoms with van der Waals surface area (Å²) in [4.78, 5) is 26.7. The number of nitrogens with one attached hydrogen (secondary N) is 1. The molecule has 2 aromatic rings. The van der Waals surface area contributed by atoms with E-state index in [4.69, 9.17) is 9.47 Å². The molecule has 158 valence electrons. The molecular formula is C23H25FN2O4. The molecule has 0 bridgehead atoms. The molecule has 0 unspecified atom stereocenters. The monoisotopic (exact) mass is 412 g/mol. The number of aryl methyl sites for hydroxylation is 1. The molecule has 0 aliphatic carbocycles. The molecule has 6 nitrogen and oxygen atoms in total. The van der Waals surface area contributed by atoms with Crippen LogP contribution >= 0.6 is 0 Å². The van der Waals surface area contributed by atoms with Gasteiger partial charge in [-0.05, 0) is 37.1 Å². The fraction of sp³-hybridized carbons (Fsp3) is 0.304. The number of hydrogen-bond acceptors (Lipinski definition) is 4. The van der Waals surface area contributed by atoms with Gasteiger partial charge in [0.25, 0.3) is 0 Å². The van der Waals surface area contributed by atoms with Gasteiger partial charge in [-0.3, -0.25) is 4.90 Å². The number of hydrogen-bond donors (Lipinski definition) is 1. The Balaban J connectivity index is 2.03. The molecule has 0 saturated carbocycles. The van der Waals surface area contributed by atoms with Gasteiger partial charge in [0.15, 0.2) is 0 Å². The molecule has 0 aromatic heterocycles. The molecule has 1 aliphatic heterocycles. The highest BCUT2D eigenvalue weighted by Gasteiger charge is 2.38. The second kappa shape index (κ2) is 9.43. The van der Waals surface area contributed by atoms with Gasteiger partial charge in [-0.1, -0.05) is 37.3 Å². The van der Waals surface area contributed by atoms with Crippen molar-refractivity contribution in [1.29, 1.82) is 0 Å². The van der Waals surface area contributed by atoms with Crippen molar-refractivity contribution in [2.24, 2.45) is 0 Å². The molecule has 3 rings (SSSR count). The number of carbonyl (C=O) groups is 2. The first-order valence-electron chi connectivity index (χ1n) is 9.86. The largest absolute Gasteiger partial charge is 0.487 e. The van der Waals surface area contributed by atoms with Crippen molar-refractivity contribution >= 4 is 12.0 Å². The number of likely N-dealkylation sites (N-methyl/N-ethyl adjacent to an activating group) is 1. The van der Waals surface area contributed by atoms with Gasteiger partial charge < -0.3 is 14.8 Å². The van der Waals surface area contributed by atoms with Crippen molar-refractivity contribution in [3.8, 4) is 5.75 Å². The fourth-order valence-electron chi connectivity index (χ4n) is 3.33. The molecule has 1 aliphatic rings. The van der Waals surface area contributed by atoms with Crippen LogP contribution in [0.5, 0.6) is 5.75 Å². The number of rotatable bonds is 7. The van der Waals surface area contributed by atoms with E-state index in [0.29, 0.717) is 11.4 Å². The van der Waals surface area contributed by atoms with Gasteiger partial charge in [0.05, 0.1) is 23.9 Å². The Bertz CT molecular complexity index is 973. The highest BCUT2D eigenvalue weighted by Crippen LogP contribution is 2.32. The van der Waals surface area contributed by atoms with Gasteiger partial charge in [-0.15, -0.1) is 0 Å². The summed E-state index contributed by atoms with van der Waals surface area (Å²) in [5.41, 5.74) is 1.77. The van der Waals surface area contributed by atoms with E-state index in [1.54, 1.807) is 25.1 Å². The number of nitrogens with zero attached hydrogens (tertiary/aromatic N) is 1. The van der Waals surface area contributed by atoms with E-state index < -0.39 is 23.9 Å². The Kier molecular flexibility index (Phi) is 6.72. The van der Waals surface area contributed by atoms with E-state index >= 15 is 0 Å². The molecule has 30 heavy (non-hydrogen) atoms. The van der Waals surface area contributed by atoms with Crippen LogP contribution in [0.15, 0.2) is 59.8 Å². The van der Waals surface area contributed by atoms with E-state index in [2.05, 4.69) is 5.32 Å². The molecule has 1 heterocycles. The summed E-state index contributed by atoms with van der Waals surface area (Å²) in [5.74, 6) is -0.532. The Hall–Kier alpha value is -3.35. The number of halogens is 1. The van der Waals surface area contributed by atoms with Gasteiger partial charge in [0.1, 0.15) is 18.2 Å². The first kappa shape index (κ1) is 21.4. The molecule has 2 aromatic carbocycles. The second-order valence-corrected chi connectivity index (χ2v) is 6.83. The van der Waals surface area contributed by atoms with Gasteiger partial charge >= 0.3 is 12.0 Å². The van der Waals surface area contributed by atoms with Crippen molar-refractivity contribution in [1.82, 2.24) is 10.2 Å². The average molecular weight is 412 g/mol. The van der Waals surface area contributed by atoms with Crippen LogP contribution in [0.1, 0.15) is 31.0 Å². The minimum absolute atomic E-state index is 0.0454. The predicted octanol–water partition coefficient (Wildman–Crippen LogP) is 3.98. The van der Waals surface area contributed by atoms with Crippen LogP contribution < -0.4 is 10.1 Å². The molecule has 0 radical (unpaired) electrons. The SMILES string of the molecule is CCOC(=O)C1=C(COc2cccc(CC)c2)N(C)C(=O)N[C@@H]1c1ccccc1F. The molecular weight excluding hydrogens is 387 g/mol. The van der Waals surface area contributed by atoms with Crippen LogP contribution in [0.4, 0.5) is 9.18 Å². The summed E-state index contributed by atoms with van der Waals surface area (Å²) in [6.07, 6.45) is 0.853.